The van der Waals surface area contributed by atoms with Gasteiger partial charge in [-0.3, -0.25) is 4.68 Å². The Morgan fingerprint density at radius 1 is 1.35 bits per heavy atom. The lowest BCUT2D eigenvalue weighted by molar-refractivity contribution is 0.0129. The lowest BCUT2D eigenvalue weighted by Gasteiger charge is -2.26. The van der Waals surface area contributed by atoms with E-state index in [9.17, 15) is 5.11 Å². The van der Waals surface area contributed by atoms with E-state index in [2.05, 4.69) is 18.9 Å². The van der Waals surface area contributed by atoms with Crippen LogP contribution in [0, 0.1) is 5.92 Å². The normalized spacial score (nSPS) is 15.5. The Morgan fingerprint density at radius 2 is 1.94 bits per heavy atom. The molecule has 0 bridgehead atoms. The van der Waals surface area contributed by atoms with E-state index in [-0.39, 0.29) is 5.92 Å². The van der Waals surface area contributed by atoms with Crippen LogP contribution in [0.25, 0.3) is 0 Å². The summed E-state index contributed by atoms with van der Waals surface area (Å²) in [5, 5.41) is 14.8. The van der Waals surface area contributed by atoms with Gasteiger partial charge in [0.2, 0.25) is 0 Å². The largest absolute Gasteiger partial charge is 0.390 e. The van der Waals surface area contributed by atoms with Gasteiger partial charge in [0.25, 0.3) is 0 Å². The highest BCUT2D eigenvalue weighted by molar-refractivity contribution is 5.04. The van der Waals surface area contributed by atoms with E-state index in [1.807, 2.05) is 37.7 Å². The van der Waals surface area contributed by atoms with Gasteiger partial charge in [0.1, 0.15) is 0 Å². The van der Waals surface area contributed by atoms with Gasteiger partial charge in [-0.1, -0.05) is 27.7 Å². The number of nitrogens with zero attached hydrogens (tertiary/aromatic N) is 2. The average Bonchev–Trinajstić information content (AvgIpc) is 2.67. The summed E-state index contributed by atoms with van der Waals surface area (Å²) in [6.07, 6.45) is 4.84. The van der Waals surface area contributed by atoms with Crippen LogP contribution in [-0.4, -0.2) is 20.5 Å². The molecule has 3 nitrogen and oxygen atoms in total. The molecule has 1 unspecified atom stereocenters. The Hall–Kier alpha value is -0.830. The van der Waals surface area contributed by atoms with Gasteiger partial charge in [0.15, 0.2) is 0 Å². The van der Waals surface area contributed by atoms with Crippen molar-refractivity contribution in [2.24, 2.45) is 5.92 Å². The minimum atomic E-state index is -0.674. The Kier molecular flexibility index (Phi) is 4.75. The monoisotopic (exact) mass is 238 g/mol. The van der Waals surface area contributed by atoms with Crippen molar-refractivity contribution in [1.29, 1.82) is 0 Å². The summed E-state index contributed by atoms with van der Waals surface area (Å²) < 4.78 is 2.03. The van der Waals surface area contributed by atoms with Crippen LogP contribution in [0.1, 0.15) is 59.2 Å². The molecule has 0 radical (unpaired) electrons. The third-order valence-corrected chi connectivity index (χ3v) is 3.76. The molecule has 1 rings (SSSR count). The zero-order chi connectivity index (χ0) is 13.1. The maximum Gasteiger partial charge on any atom is 0.0698 e. The van der Waals surface area contributed by atoms with Crippen molar-refractivity contribution in [3.8, 4) is 0 Å². The number of aromatic nitrogens is 2. The SMILES string of the molecule is CCC(CC)n1ccc(CC(C)(O)C(C)C)n1. The zero-order valence-electron chi connectivity index (χ0n) is 11.8. The maximum atomic E-state index is 10.3. The van der Waals surface area contributed by atoms with Crippen LogP contribution in [-0.2, 0) is 6.42 Å². The summed E-state index contributed by atoms with van der Waals surface area (Å²) in [5.41, 5.74) is 0.309. The molecule has 0 aromatic carbocycles. The second-order valence-corrected chi connectivity index (χ2v) is 5.45. The summed E-state index contributed by atoms with van der Waals surface area (Å²) in [4.78, 5) is 0. The van der Waals surface area contributed by atoms with Crippen molar-refractivity contribution in [3.05, 3.63) is 18.0 Å². The second-order valence-electron chi connectivity index (χ2n) is 5.45. The molecule has 3 heteroatoms. The highest BCUT2D eigenvalue weighted by atomic mass is 16.3. The van der Waals surface area contributed by atoms with Crippen LogP contribution in [0.3, 0.4) is 0 Å². The maximum absolute atomic E-state index is 10.3. The summed E-state index contributed by atoms with van der Waals surface area (Å²) in [6, 6.07) is 2.50. The third kappa shape index (κ3) is 3.56. The molecule has 1 aromatic heterocycles. The number of rotatable bonds is 6. The molecule has 0 amide bonds. The summed E-state index contributed by atoms with van der Waals surface area (Å²) in [5.74, 6) is 0.237. The topological polar surface area (TPSA) is 38.0 Å². The molecule has 0 saturated heterocycles. The van der Waals surface area contributed by atoms with Gasteiger partial charge >= 0.3 is 0 Å². The molecule has 0 aliphatic rings. The fraction of sp³-hybridized carbons (Fsp3) is 0.786. The first-order valence-electron chi connectivity index (χ1n) is 6.67. The van der Waals surface area contributed by atoms with Crippen LogP contribution in [0.15, 0.2) is 12.3 Å². The van der Waals surface area contributed by atoms with Crippen LogP contribution >= 0.6 is 0 Å². The lowest BCUT2D eigenvalue weighted by Crippen LogP contribution is -2.33. The highest BCUT2D eigenvalue weighted by Gasteiger charge is 2.26. The van der Waals surface area contributed by atoms with Crippen molar-refractivity contribution >= 4 is 0 Å². The first-order valence-corrected chi connectivity index (χ1v) is 6.67. The summed E-state index contributed by atoms with van der Waals surface area (Å²) in [6.45, 7) is 10.3. The van der Waals surface area contributed by atoms with E-state index >= 15 is 0 Å². The van der Waals surface area contributed by atoms with Crippen LogP contribution in [0.5, 0.6) is 0 Å². The van der Waals surface area contributed by atoms with E-state index in [1.165, 1.54) is 0 Å². The molecule has 0 aliphatic heterocycles. The van der Waals surface area contributed by atoms with Gasteiger partial charge in [0, 0.05) is 12.6 Å². The standard InChI is InChI=1S/C14H26N2O/c1-6-13(7-2)16-9-8-12(15-16)10-14(5,17)11(3)4/h8-9,11,13,17H,6-7,10H2,1-5H3. The quantitative estimate of drug-likeness (QED) is 0.826. The summed E-state index contributed by atoms with van der Waals surface area (Å²) in [7, 11) is 0. The van der Waals surface area contributed by atoms with Gasteiger partial charge in [0.05, 0.1) is 17.3 Å². The second kappa shape index (κ2) is 5.67. The smallest absolute Gasteiger partial charge is 0.0698 e. The predicted octanol–water partition coefficient (Wildman–Crippen LogP) is 3.19. The van der Waals surface area contributed by atoms with Gasteiger partial charge < -0.3 is 5.11 Å². The molecule has 1 aromatic rings. The Bertz CT molecular complexity index is 338. The van der Waals surface area contributed by atoms with Gasteiger partial charge in [-0.2, -0.15) is 5.10 Å². The number of aliphatic hydroxyl groups is 1. The molecule has 0 saturated carbocycles. The number of hydrogen-bond donors (Lipinski definition) is 1. The van der Waals surface area contributed by atoms with Crippen LogP contribution in [0.4, 0.5) is 0 Å². The Balaban J connectivity index is 2.75. The highest BCUT2D eigenvalue weighted by Crippen LogP contribution is 2.22. The van der Waals surface area contributed by atoms with Gasteiger partial charge in [-0.05, 0) is 31.7 Å². The van der Waals surface area contributed by atoms with Gasteiger partial charge in [-0.15, -0.1) is 0 Å². The van der Waals surface area contributed by atoms with Crippen molar-refractivity contribution in [3.63, 3.8) is 0 Å². The van der Waals surface area contributed by atoms with E-state index in [0.29, 0.717) is 12.5 Å². The van der Waals surface area contributed by atoms with Crippen molar-refractivity contribution in [2.45, 2.75) is 65.5 Å². The Morgan fingerprint density at radius 3 is 2.41 bits per heavy atom. The molecule has 17 heavy (non-hydrogen) atoms. The lowest BCUT2D eigenvalue weighted by atomic mass is 9.88. The number of hydrogen-bond acceptors (Lipinski definition) is 2. The van der Waals surface area contributed by atoms with Crippen LogP contribution < -0.4 is 0 Å². The fourth-order valence-electron chi connectivity index (χ4n) is 1.91. The third-order valence-electron chi connectivity index (χ3n) is 3.76. The molecule has 0 fully saturated rings. The molecule has 0 aliphatic carbocycles. The minimum Gasteiger partial charge on any atom is -0.390 e. The van der Waals surface area contributed by atoms with Gasteiger partial charge in [-0.25, -0.2) is 0 Å². The first-order chi connectivity index (χ1) is 7.90. The van der Waals surface area contributed by atoms with Crippen molar-refractivity contribution in [1.82, 2.24) is 9.78 Å². The fourth-order valence-corrected chi connectivity index (χ4v) is 1.91. The molecule has 1 heterocycles. The van der Waals surface area contributed by atoms with Crippen LogP contribution in [0.2, 0.25) is 0 Å². The summed E-state index contributed by atoms with van der Waals surface area (Å²) >= 11 is 0. The molecule has 1 atom stereocenters. The van der Waals surface area contributed by atoms with Crippen molar-refractivity contribution < 1.29 is 5.11 Å². The van der Waals surface area contributed by atoms with E-state index in [4.69, 9.17) is 0 Å². The molecular weight excluding hydrogens is 212 g/mol. The molecule has 1 N–H and O–H groups in total. The van der Waals surface area contributed by atoms with Crippen molar-refractivity contribution in [2.75, 3.05) is 0 Å². The van der Waals surface area contributed by atoms with E-state index in [1.54, 1.807) is 0 Å². The predicted molar refractivity (Wildman–Crippen MR) is 71.0 cm³/mol. The first kappa shape index (κ1) is 14.2. The molecular formula is C14H26N2O. The van der Waals surface area contributed by atoms with E-state index in [0.717, 1.165) is 18.5 Å². The minimum absolute atomic E-state index is 0.237. The molecule has 0 spiro atoms. The zero-order valence-corrected chi connectivity index (χ0v) is 11.8. The molecule has 98 valence electrons. The van der Waals surface area contributed by atoms with E-state index < -0.39 is 5.60 Å². The average molecular weight is 238 g/mol. The Labute approximate surface area is 105 Å².